The highest BCUT2D eigenvalue weighted by Gasteiger charge is 2.41. The van der Waals surface area contributed by atoms with Gasteiger partial charge in [-0.2, -0.15) is 13.2 Å². The SMILES string of the molecule is CN=C(NCc1ccc(OC(C)C)nc1)N1CCN(C(C)C(F)(F)F)CC1. The first kappa shape index (κ1) is 21.3. The number of rotatable bonds is 5. The number of hydrogen-bond donors (Lipinski definition) is 1. The van der Waals surface area contributed by atoms with Crippen molar-refractivity contribution in [2.24, 2.45) is 4.99 Å². The molecule has 1 aromatic rings. The second-order valence-corrected chi connectivity index (χ2v) is 6.81. The second kappa shape index (κ2) is 9.25. The number of guanidine groups is 1. The molecule has 27 heavy (non-hydrogen) atoms. The average molecular weight is 387 g/mol. The smallest absolute Gasteiger partial charge is 0.403 e. The van der Waals surface area contributed by atoms with E-state index in [-0.39, 0.29) is 6.10 Å². The van der Waals surface area contributed by atoms with Crippen LogP contribution in [0.25, 0.3) is 0 Å². The van der Waals surface area contributed by atoms with Gasteiger partial charge in [-0.25, -0.2) is 4.98 Å². The highest BCUT2D eigenvalue weighted by atomic mass is 19.4. The van der Waals surface area contributed by atoms with Gasteiger partial charge < -0.3 is 15.0 Å². The van der Waals surface area contributed by atoms with Crippen LogP contribution >= 0.6 is 0 Å². The third-order valence-electron chi connectivity index (χ3n) is 4.45. The highest BCUT2D eigenvalue weighted by molar-refractivity contribution is 5.80. The Labute approximate surface area is 158 Å². The number of aromatic nitrogens is 1. The van der Waals surface area contributed by atoms with Crippen molar-refractivity contribution in [1.82, 2.24) is 20.1 Å². The minimum Gasteiger partial charge on any atom is -0.475 e. The van der Waals surface area contributed by atoms with E-state index >= 15 is 0 Å². The summed E-state index contributed by atoms with van der Waals surface area (Å²) in [5, 5.41) is 3.24. The average Bonchev–Trinajstić information content (AvgIpc) is 2.62. The molecule has 0 aliphatic carbocycles. The molecule has 152 valence electrons. The lowest BCUT2D eigenvalue weighted by Gasteiger charge is -2.39. The van der Waals surface area contributed by atoms with E-state index in [0.29, 0.717) is 44.6 Å². The standard InChI is InChI=1S/C18H28F3N5O/c1-13(2)27-16-6-5-15(11-23-16)12-24-17(22-4)26-9-7-25(8-10-26)14(3)18(19,20)21/h5-6,11,13-14H,7-10,12H2,1-4H3,(H,22,24). The molecule has 1 unspecified atom stereocenters. The number of piperazine rings is 1. The number of alkyl halides is 3. The number of halogens is 3. The zero-order valence-corrected chi connectivity index (χ0v) is 16.3. The van der Waals surface area contributed by atoms with E-state index in [0.717, 1.165) is 5.56 Å². The van der Waals surface area contributed by atoms with Crippen LogP contribution in [0.1, 0.15) is 26.3 Å². The van der Waals surface area contributed by atoms with E-state index in [2.05, 4.69) is 15.3 Å². The predicted octanol–water partition coefficient (Wildman–Crippen LogP) is 2.51. The van der Waals surface area contributed by atoms with Crippen LogP contribution in [0.5, 0.6) is 5.88 Å². The molecule has 1 saturated heterocycles. The van der Waals surface area contributed by atoms with E-state index in [1.54, 1.807) is 13.2 Å². The van der Waals surface area contributed by atoms with Gasteiger partial charge in [0.25, 0.3) is 0 Å². The minimum absolute atomic E-state index is 0.0685. The lowest BCUT2D eigenvalue weighted by Crippen LogP contribution is -2.56. The summed E-state index contributed by atoms with van der Waals surface area (Å²) in [6.45, 7) is 7.32. The fourth-order valence-corrected chi connectivity index (χ4v) is 2.87. The molecule has 0 spiro atoms. The van der Waals surface area contributed by atoms with Crippen LogP contribution < -0.4 is 10.1 Å². The number of pyridine rings is 1. The van der Waals surface area contributed by atoms with Gasteiger partial charge in [0, 0.05) is 52.0 Å². The molecule has 1 aliphatic heterocycles. The molecule has 0 amide bonds. The van der Waals surface area contributed by atoms with Crippen molar-refractivity contribution in [2.75, 3.05) is 33.2 Å². The largest absolute Gasteiger partial charge is 0.475 e. The van der Waals surface area contributed by atoms with Gasteiger partial charge in [0.2, 0.25) is 5.88 Å². The quantitative estimate of drug-likeness (QED) is 0.622. The van der Waals surface area contributed by atoms with Crippen molar-refractivity contribution in [1.29, 1.82) is 0 Å². The van der Waals surface area contributed by atoms with Crippen molar-refractivity contribution in [2.45, 2.75) is 45.6 Å². The highest BCUT2D eigenvalue weighted by Crippen LogP contribution is 2.25. The van der Waals surface area contributed by atoms with Crippen molar-refractivity contribution in [3.63, 3.8) is 0 Å². The van der Waals surface area contributed by atoms with Gasteiger partial charge in [0.1, 0.15) is 6.04 Å². The summed E-state index contributed by atoms with van der Waals surface area (Å²) < 4.78 is 44.1. The summed E-state index contributed by atoms with van der Waals surface area (Å²) in [5.41, 5.74) is 0.969. The molecule has 1 aliphatic rings. The van der Waals surface area contributed by atoms with E-state index in [1.807, 2.05) is 30.9 Å². The predicted molar refractivity (Wildman–Crippen MR) is 98.9 cm³/mol. The first-order valence-corrected chi connectivity index (χ1v) is 9.08. The van der Waals surface area contributed by atoms with Crippen LogP contribution in [0.3, 0.4) is 0 Å². The molecule has 2 heterocycles. The topological polar surface area (TPSA) is 53.0 Å². The first-order valence-electron chi connectivity index (χ1n) is 9.08. The number of aliphatic imine (C=N–C) groups is 1. The minimum atomic E-state index is -4.19. The first-order chi connectivity index (χ1) is 12.7. The lowest BCUT2D eigenvalue weighted by atomic mass is 10.2. The van der Waals surface area contributed by atoms with Crippen molar-refractivity contribution >= 4 is 5.96 Å². The molecule has 0 aromatic carbocycles. The summed E-state index contributed by atoms with van der Waals surface area (Å²) in [5.74, 6) is 1.25. The summed E-state index contributed by atoms with van der Waals surface area (Å²) in [6.07, 6.45) is -2.39. The Bertz CT molecular complexity index is 610. The van der Waals surface area contributed by atoms with Crippen LogP contribution in [-0.2, 0) is 6.54 Å². The molecule has 0 bridgehead atoms. The number of ether oxygens (including phenoxy) is 1. The van der Waals surface area contributed by atoms with Gasteiger partial charge in [0.15, 0.2) is 5.96 Å². The van der Waals surface area contributed by atoms with E-state index < -0.39 is 12.2 Å². The van der Waals surface area contributed by atoms with E-state index in [9.17, 15) is 13.2 Å². The number of nitrogens with one attached hydrogen (secondary N) is 1. The molecule has 1 aromatic heterocycles. The van der Waals surface area contributed by atoms with Crippen LogP contribution in [0, 0.1) is 0 Å². The summed E-state index contributed by atoms with van der Waals surface area (Å²) in [7, 11) is 1.67. The van der Waals surface area contributed by atoms with Crippen molar-refractivity contribution in [3.05, 3.63) is 23.9 Å². The van der Waals surface area contributed by atoms with Gasteiger partial charge in [-0.15, -0.1) is 0 Å². The Morgan fingerprint density at radius 2 is 1.89 bits per heavy atom. The number of nitrogens with zero attached hydrogens (tertiary/aromatic N) is 4. The summed E-state index contributed by atoms with van der Waals surface area (Å²) in [4.78, 5) is 11.9. The normalized spacial score (nSPS) is 17.9. The Morgan fingerprint density at radius 1 is 1.22 bits per heavy atom. The Balaban J connectivity index is 1.84. The molecular weight excluding hydrogens is 359 g/mol. The molecule has 2 rings (SSSR count). The Morgan fingerprint density at radius 3 is 2.37 bits per heavy atom. The van der Waals surface area contributed by atoms with E-state index in [1.165, 1.54) is 11.8 Å². The fraction of sp³-hybridized carbons (Fsp3) is 0.667. The van der Waals surface area contributed by atoms with Gasteiger partial charge in [-0.1, -0.05) is 6.07 Å². The molecule has 0 radical (unpaired) electrons. The molecule has 6 nitrogen and oxygen atoms in total. The molecule has 0 saturated carbocycles. The zero-order chi connectivity index (χ0) is 20.0. The van der Waals surface area contributed by atoms with Crippen LogP contribution in [0.4, 0.5) is 13.2 Å². The Hall–Kier alpha value is -2.03. The maximum Gasteiger partial charge on any atom is 0.403 e. The van der Waals surface area contributed by atoms with E-state index in [4.69, 9.17) is 4.74 Å². The van der Waals surface area contributed by atoms with Crippen LogP contribution in [0.2, 0.25) is 0 Å². The van der Waals surface area contributed by atoms with Crippen molar-refractivity contribution < 1.29 is 17.9 Å². The molecule has 1 N–H and O–H groups in total. The third kappa shape index (κ3) is 6.27. The molecular formula is C18H28F3N5O. The van der Waals surface area contributed by atoms with Gasteiger partial charge in [-0.3, -0.25) is 9.89 Å². The van der Waals surface area contributed by atoms with Gasteiger partial charge >= 0.3 is 6.18 Å². The molecule has 9 heteroatoms. The summed E-state index contributed by atoms with van der Waals surface area (Å²) in [6, 6.07) is 2.32. The van der Waals surface area contributed by atoms with Gasteiger partial charge in [0.05, 0.1) is 6.10 Å². The van der Waals surface area contributed by atoms with Gasteiger partial charge in [-0.05, 0) is 26.3 Å². The monoisotopic (exact) mass is 387 g/mol. The lowest BCUT2D eigenvalue weighted by molar-refractivity contribution is -0.181. The zero-order valence-electron chi connectivity index (χ0n) is 16.3. The van der Waals surface area contributed by atoms with Crippen LogP contribution in [0.15, 0.2) is 23.3 Å². The fourth-order valence-electron chi connectivity index (χ4n) is 2.87. The molecule has 1 atom stereocenters. The third-order valence-corrected chi connectivity index (χ3v) is 4.45. The number of hydrogen-bond acceptors (Lipinski definition) is 4. The maximum absolute atomic E-state index is 12.9. The molecule has 1 fully saturated rings. The Kier molecular flexibility index (Phi) is 7.29. The second-order valence-electron chi connectivity index (χ2n) is 6.81. The maximum atomic E-state index is 12.9. The van der Waals surface area contributed by atoms with Crippen molar-refractivity contribution in [3.8, 4) is 5.88 Å². The summed E-state index contributed by atoms with van der Waals surface area (Å²) >= 11 is 0. The van der Waals surface area contributed by atoms with Crippen LogP contribution in [-0.4, -0.2) is 72.3 Å².